The van der Waals surface area contributed by atoms with E-state index in [4.69, 9.17) is 5.73 Å². The van der Waals surface area contributed by atoms with Crippen molar-refractivity contribution in [1.29, 1.82) is 0 Å². The van der Waals surface area contributed by atoms with Crippen molar-refractivity contribution in [1.82, 2.24) is 9.88 Å². The van der Waals surface area contributed by atoms with Crippen molar-refractivity contribution in [3.05, 3.63) is 23.2 Å². The first kappa shape index (κ1) is 12.8. The number of fused-ring (bicyclic) bond motifs is 1. The van der Waals surface area contributed by atoms with E-state index in [9.17, 15) is 4.79 Å². The Kier molecular flexibility index (Phi) is 3.52. The molecule has 2 rings (SSSR count). The fourth-order valence-electron chi connectivity index (χ4n) is 1.98. The number of nitrogens with zero attached hydrogens (tertiary/aromatic N) is 2. The van der Waals surface area contributed by atoms with Crippen LogP contribution in [0.3, 0.4) is 0 Å². The molecule has 0 saturated heterocycles. The highest BCUT2D eigenvalue weighted by atomic mass is 32.1. The Morgan fingerprint density at radius 2 is 2.28 bits per heavy atom. The normalized spacial score (nSPS) is 11.1. The molecule has 0 fully saturated rings. The molecule has 2 N–H and O–H groups in total. The van der Waals surface area contributed by atoms with E-state index in [2.05, 4.69) is 4.98 Å². The lowest BCUT2D eigenvalue weighted by Gasteiger charge is -2.24. The Labute approximate surface area is 110 Å². The van der Waals surface area contributed by atoms with Gasteiger partial charge in [-0.25, -0.2) is 0 Å². The number of hydrogen-bond donors (Lipinski definition) is 1. The van der Waals surface area contributed by atoms with Crippen LogP contribution in [0.1, 0.15) is 30.4 Å². The van der Waals surface area contributed by atoms with Crippen molar-refractivity contribution in [2.24, 2.45) is 0 Å². The number of carbonyl (C=O) groups excluding carboxylic acids is 1. The van der Waals surface area contributed by atoms with Gasteiger partial charge in [0.25, 0.3) is 5.91 Å². The molecule has 5 heteroatoms. The third-order valence-corrected chi connectivity index (χ3v) is 4.05. The minimum Gasteiger partial charge on any atom is -0.396 e. The number of aromatic nitrogens is 1. The molecule has 2 aromatic heterocycles. The molecule has 0 spiro atoms. The number of pyridine rings is 1. The second-order valence-corrected chi connectivity index (χ2v) is 5.43. The van der Waals surface area contributed by atoms with Gasteiger partial charge < -0.3 is 10.6 Å². The summed E-state index contributed by atoms with van der Waals surface area (Å²) < 4.78 is 0.957. The summed E-state index contributed by atoms with van der Waals surface area (Å²) in [5, 5.41) is 0. The van der Waals surface area contributed by atoms with Crippen LogP contribution in [0, 0.1) is 0 Å². The first-order chi connectivity index (χ1) is 8.56. The third kappa shape index (κ3) is 2.06. The van der Waals surface area contributed by atoms with E-state index >= 15 is 0 Å². The minimum absolute atomic E-state index is 0.00648. The van der Waals surface area contributed by atoms with Gasteiger partial charge in [-0.05, 0) is 32.9 Å². The van der Waals surface area contributed by atoms with Crippen LogP contribution < -0.4 is 5.73 Å². The van der Waals surface area contributed by atoms with Crippen LogP contribution in [0.2, 0.25) is 0 Å². The first-order valence-electron chi connectivity index (χ1n) is 6.00. The third-order valence-electron chi connectivity index (χ3n) is 2.90. The molecule has 96 valence electrons. The smallest absolute Gasteiger partial charge is 0.266 e. The summed E-state index contributed by atoms with van der Waals surface area (Å²) in [5.74, 6) is -0.00648. The van der Waals surface area contributed by atoms with E-state index in [1.807, 2.05) is 32.9 Å². The monoisotopic (exact) mass is 263 g/mol. The van der Waals surface area contributed by atoms with Gasteiger partial charge in [0.15, 0.2) is 0 Å². The highest BCUT2D eigenvalue weighted by molar-refractivity contribution is 7.21. The number of hydrogen-bond acceptors (Lipinski definition) is 4. The topological polar surface area (TPSA) is 59.2 Å². The van der Waals surface area contributed by atoms with Crippen LogP contribution >= 0.6 is 11.3 Å². The molecule has 1 amide bonds. The molecule has 0 aliphatic rings. The summed E-state index contributed by atoms with van der Waals surface area (Å²) in [6, 6.07) is 3.96. The molecule has 2 aromatic rings. The molecule has 0 atom stereocenters. The molecule has 0 aromatic carbocycles. The fourth-order valence-corrected chi connectivity index (χ4v) is 3.02. The molecule has 0 unspecified atom stereocenters. The quantitative estimate of drug-likeness (QED) is 0.926. The summed E-state index contributed by atoms with van der Waals surface area (Å²) in [6.45, 7) is 6.66. The second-order valence-electron chi connectivity index (χ2n) is 4.38. The van der Waals surface area contributed by atoms with E-state index < -0.39 is 0 Å². The van der Waals surface area contributed by atoms with E-state index in [0.29, 0.717) is 17.1 Å². The van der Waals surface area contributed by atoms with Gasteiger partial charge in [0.1, 0.15) is 10.4 Å². The van der Waals surface area contributed by atoms with Gasteiger partial charge in [-0.15, -0.1) is 11.3 Å². The van der Waals surface area contributed by atoms with Crippen molar-refractivity contribution in [2.75, 3.05) is 12.3 Å². The molecular weight excluding hydrogens is 246 g/mol. The van der Waals surface area contributed by atoms with Crippen LogP contribution in [0.15, 0.2) is 18.3 Å². The zero-order chi connectivity index (χ0) is 13.3. The lowest BCUT2D eigenvalue weighted by atomic mass is 10.2. The first-order valence-corrected chi connectivity index (χ1v) is 6.81. The van der Waals surface area contributed by atoms with E-state index in [-0.39, 0.29) is 11.9 Å². The van der Waals surface area contributed by atoms with E-state index in [1.54, 1.807) is 11.1 Å². The Hall–Kier alpha value is -1.62. The van der Waals surface area contributed by atoms with Gasteiger partial charge in [0, 0.05) is 18.8 Å². The number of anilines is 1. The largest absolute Gasteiger partial charge is 0.396 e. The van der Waals surface area contributed by atoms with Gasteiger partial charge in [0.2, 0.25) is 0 Å². The van der Waals surface area contributed by atoms with Crippen LogP contribution in [-0.4, -0.2) is 28.4 Å². The Morgan fingerprint density at radius 3 is 2.83 bits per heavy atom. The predicted molar refractivity (Wildman–Crippen MR) is 75.9 cm³/mol. The summed E-state index contributed by atoms with van der Waals surface area (Å²) in [7, 11) is 0. The maximum atomic E-state index is 12.4. The van der Waals surface area contributed by atoms with Crippen LogP contribution in [0.4, 0.5) is 5.69 Å². The van der Waals surface area contributed by atoms with E-state index in [1.165, 1.54) is 11.3 Å². The zero-order valence-electron chi connectivity index (χ0n) is 10.8. The van der Waals surface area contributed by atoms with Gasteiger partial charge in [-0.2, -0.15) is 0 Å². The van der Waals surface area contributed by atoms with Crippen LogP contribution in [0.5, 0.6) is 0 Å². The van der Waals surface area contributed by atoms with E-state index in [0.717, 1.165) is 10.2 Å². The van der Waals surface area contributed by atoms with Gasteiger partial charge >= 0.3 is 0 Å². The standard InChI is InChI=1S/C13H17N3OS/c1-4-16(8(2)3)13(17)12-10(14)11-9(18-12)6-5-7-15-11/h5-8H,4,14H2,1-3H3. The SMILES string of the molecule is CCN(C(=O)c1sc2cccnc2c1N)C(C)C. The zero-order valence-corrected chi connectivity index (χ0v) is 11.6. The molecule has 4 nitrogen and oxygen atoms in total. The molecule has 2 heterocycles. The molecule has 18 heavy (non-hydrogen) atoms. The Morgan fingerprint density at radius 1 is 1.56 bits per heavy atom. The van der Waals surface area contributed by atoms with Crippen molar-refractivity contribution in [2.45, 2.75) is 26.8 Å². The molecule has 0 aliphatic heterocycles. The number of amides is 1. The number of nitrogen functional groups attached to an aromatic ring is 1. The molecule has 0 aliphatic carbocycles. The van der Waals surface area contributed by atoms with Gasteiger partial charge in [-0.1, -0.05) is 0 Å². The Bertz CT molecular complexity index is 577. The van der Waals surface area contributed by atoms with Gasteiger partial charge in [0.05, 0.1) is 10.4 Å². The van der Waals surface area contributed by atoms with Crippen molar-refractivity contribution >= 4 is 33.1 Å². The second kappa shape index (κ2) is 4.94. The van der Waals surface area contributed by atoms with Crippen LogP contribution in [0.25, 0.3) is 10.2 Å². The molecule has 0 bridgehead atoms. The lowest BCUT2D eigenvalue weighted by molar-refractivity contribution is 0.0723. The fraction of sp³-hybridized carbons (Fsp3) is 0.385. The lowest BCUT2D eigenvalue weighted by Crippen LogP contribution is -2.36. The number of rotatable bonds is 3. The van der Waals surface area contributed by atoms with Crippen molar-refractivity contribution < 1.29 is 4.79 Å². The van der Waals surface area contributed by atoms with Gasteiger partial charge in [-0.3, -0.25) is 9.78 Å². The van der Waals surface area contributed by atoms with Crippen LogP contribution in [-0.2, 0) is 0 Å². The summed E-state index contributed by atoms with van der Waals surface area (Å²) in [6.07, 6.45) is 1.69. The van der Waals surface area contributed by atoms with Crippen molar-refractivity contribution in [3.8, 4) is 0 Å². The maximum absolute atomic E-state index is 12.4. The molecule has 0 saturated carbocycles. The summed E-state index contributed by atoms with van der Waals surface area (Å²) in [4.78, 5) is 19.1. The highest BCUT2D eigenvalue weighted by Crippen LogP contribution is 2.32. The summed E-state index contributed by atoms with van der Waals surface area (Å²) >= 11 is 1.41. The minimum atomic E-state index is -0.00648. The number of nitrogens with two attached hydrogens (primary N) is 1. The predicted octanol–water partition coefficient (Wildman–Crippen LogP) is 2.75. The molecule has 0 radical (unpaired) electrons. The van der Waals surface area contributed by atoms with Crippen molar-refractivity contribution in [3.63, 3.8) is 0 Å². The Balaban J connectivity index is 2.48. The highest BCUT2D eigenvalue weighted by Gasteiger charge is 2.23. The maximum Gasteiger partial charge on any atom is 0.266 e. The summed E-state index contributed by atoms with van der Waals surface area (Å²) in [5.41, 5.74) is 7.26. The number of carbonyl (C=O) groups is 1. The number of thiophene rings is 1. The average Bonchev–Trinajstić information content (AvgIpc) is 2.68. The molecular formula is C13H17N3OS. The average molecular weight is 263 g/mol.